The summed E-state index contributed by atoms with van der Waals surface area (Å²) in [6.45, 7) is 0. The van der Waals surface area contributed by atoms with Gasteiger partial charge >= 0.3 is 0 Å². The van der Waals surface area contributed by atoms with Crippen LogP contribution in [0, 0.1) is 3.57 Å². The minimum atomic E-state index is 0.451. The smallest absolute Gasteiger partial charge is 0.230 e. The van der Waals surface area contributed by atoms with Gasteiger partial charge in [0.2, 0.25) is 5.95 Å². The van der Waals surface area contributed by atoms with Crippen molar-refractivity contribution in [1.29, 1.82) is 0 Å². The number of hydrogen-bond donors (Lipinski definition) is 2. The Bertz CT molecular complexity index is 459. The number of pyridine rings is 1. The van der Waals surface area contributed by atoms with Crippen molar-refractivity contribution in [3.8, 4) is 0 Å². The maximum atomic E-state index is 5.66. The van der Waals surface area contributed by atoms with Gasteiger partial charge in [0.05, 0.1) is 3.57 Å². The van der Waals surface area contributed by atoms with Crippen molar-refractivity contribution < 1.29 is 0 Å². The van der Waals surface area contributed by atoms with Crippen LogP contribution in [0.3, 0.4) is 0 Å². The molecule has 2 aromatic rings. The number of rotatable bonds is 2. The van der Waals surface area contributed by atoms with Gasteiger partial charge < -0.3 is 11.1 Å². The van der Waals surface area contributed by atoms with Gasteiger partial charge in [-0.1, -0.05) is 6.07 Å². The van der Waals surface area contributed by atoms with Crippen LogP contribution in [0.2, 0.25) is 0 Å². The molecule has 0 saturated heterocycles. The van der Waals surface area contributed by atoms with Crippen LogP contribution in [0.5, 0.6) is 0 Å². The molecule has 5 nitrogen and oxygen atoms in total. The van der Waals surface area contributed by atoms with E-state index in [1.165, 1.54) is 0 Å². The molecular formula is C9H8IN5. The molecule has 2 heterocycles. The van der Waals surface area contributed by atoms with Gasteiger partial charge in [0.25, 0.3) is 0 Å². The molecular weight excluding hydrogens is 305 g/mol. The van der Waals surface area contributed by atoms with Gasteiger partial charge in [0.15, 0.2) is 0 Å². The molecule has 0 aromatic carbocycles. The van der Waals surface area contributed by atoms with Gasteiger partial charge in [-0.3, -0.25) is 0 Å². The highest BCUT2D eigenvalue weighted by atomic mass is 127. The number of nitrogen functional groups attached to an aromatic ring is 1. The Kier molecular flexibility index (Phi) is 2.95. The maximum Gasteiger partial charge on any atom is 0.230 e. The van der Waals surface area contributed by atoms with E-state index in [4.69, 9.17) is 5.73 Å². The van der Waals surface area contributed by atoms with Crippen LogP contribution in [-0.4, -0.2) is 15.0 Å². The van der Waals surface area contributed by atoms with Crippen LogP contribution in [0.4, 0.5) is 17.6 Å². The summed E-state index contributed by atoms with van der Waals surface area (Å²) in [6, 6.07) is 5.55. The van der Waals surface area contributed by atoms with Crippen LogP contribution < -0.4 is 11.1 Å². The molecule has 15 heavy (non-hydrogen) atoms. The molecule has 0 saturated carbocycles. The summed E-state index contributed by atoms with van der Waals surface area (Å²) in [4.78, 5) is 12.3. The SMILES string of the molecule is Nc1nc(Nc2ccccn2)ncc1I. The van der Waals surface area contributed by atoms with Crippen molar-refractivity contribution in [1.82, 2.24) is 15.0 Å². The summed E-state index contributed by atoms with van der Waals surface area (Å²) in [5.74, 6) is 1.61. The van der Waals surface area contributed by atoms with E-state index in [0.29, 0.717) is 17.6 Å². The zero-order chi connectivity index (χ0) is 10.7. The number of nitrogens with two attached hydrogens (primary N) is 1. The highest BCUT2D eigenvalue weighted by Crippen LogP contribution is 2.14. The third-order valence-electron chi connectivity index (χ3n) is 1.68. The van der Waals surface area contributed by atoms with E-state index >= 15 is 0 Å². The second-order valence-electron chi connectivity index (χ2n) is 2.77. The Morgan fingerprint density at radius 2 is 2.13 bits per heavy atom. The highest BCUT2D eigenvalue weighted by molar-refractivity contribution is 14.1. The number of nitrogens with zero attached hydrogens (tertiary/aromatic N) is 3. The van der Waals surface area contributed by atoms with Gasteiger partial charge in [-0.05, 0) is 34.7 Å². The fourth-order valence-corrected chi connectivity index (χ4v) is 1.25. The fraction of sp³-hybridized carbons (Fsp3) is 0. The molecule has 76 valence electrons. The predicted octanol–water partition coefficient (Wildman–Crippen LogP) is 1.80. The van der Waals surface area contributed by atoms with E-state index in [1.807, 2.05) is 18.2 Å². The van der Waals surface area contributed by atoms with E-state index in [0.717, 1.165) is 3.57 Å². The lowest BCUT2D eigenvalue weighted by atomic mass is 10.5. The first-order valence-corrected chi connectivity index (χ1v) is 5.29. The van der Waals surface area contributed by atoms with Gasteiger partial charge in [0, 0.05) is 12.4 Å². The van der Waals surface area contributed by atoms with Crippen LogP contribution in [0.25, 0.3) is 0 Å². The minimum absolute atomic E-state index is 0.451. The van der Waals surface area contributed by atoms with E-state index < -0.39 is 0 Å². The van der Waals surface area contributed by atoms with Crippen LogP contribution >= 0.6 is 22.6 Å². The lowest BCUT2D eigenvalue weighted by Crippen LogP contribution is -2.02. The van der Waals surface area contributed by atoms with Crippen molar-refractivity contribution >= 4 is 40.2 Å². The van der Waals surface area contributed by atoms with Gasteiger partial charge in [0.1, 0.15) is 11.6 Å². The molecule has 0 bridgehead atoms. The van der Waals surface area contributed by atoms with Crippen LogP contribution in [-0.2, 0) is 0 Å². The highest BCUT2D eigenvalue weighted by Gasteiger charge is 2.01. The molecule has 0 amide bonds. The molecule has 0 spiro atoms. The number of aromatic nitrogens is 3. The Labute approximate surface area is 100 Å². The summed E-state index contributed by atoms with van der Waals surface area (Å²) in [6.07, 6.45) is 3.35. The molecule has 0 radical (unpaired) electrons. The second-order valence-corrected chi connectivity index (χ2v) is 3.93. The first-order chi connectivity index (χ1) is 7.25. The largest absolute Gasteiger partial charge is 0.383 e. The minimum Gasteiger partial charge on any atom is -0.383 e. The zero-order valence-electron chi connectivity index (χ0n) is 7.68. The van der Waals surface area contributed by atoms with Crippen molar-refractivity contribution in [2.45, 2.75) is 0 Å². The number of halogens is 1. The van der Waals surface area contributed by atoms with Crippen LogP contribution in [0.1, 0.15) is 0 Å². The van der Waals surface area contributed by atoms with Crippen molar-refractivity contribution in [3.63, 3.8) is 0 Å². The van der Waals surface area contributed by atoms with Crippen molar-refractivity contribution in [2.24, 2.45) is 0 Å². The number of hydrogen-bond acceptors (Lipinski definition) is 5. The fourth-order valence-electron chi connectivity index (χ4n) is 0.992. The monoisotopic (exact) mass is 313 g/mol. The van der Waals surface area contributed by atoms with Crippen LogP contribution in [0.15, 0.2) is 30.6 Å². The summed E-state index contributed by atoms with van der Waals surface area (Å²) in [5, 5.41) is 2.96. The molecule has 2 aromatic heterocycles. The van der Waals surface area contributed by atoms with Crippen molar-refractivity contribution in [3.05, 3.63) is 34.2 Å². The maximum absolute atomic E-state index is 5.66. The molecule has 0 aliphatic carbocycles. The average Bonchev–Trinajstić information content (AvgIpc) is 2.25. The standard InChI is InChI=1S/C9H8IN5/c10-6-5-13-9(15-8(6)11)14-7-3-1-2-4-12-7/h1-5H,(H3,11,12,13,14,15). The molecule has 0 unspecified atom stereocenters. The summed E-state index contributed by atoms with van der Waals surface area (Å²) in [7, 11) is 0. The third-order valence-corrected chi connectivity index (χ3v) is 2.51. The third kappa shape index (κ3) is 2.52. The summed E-state index contributed by atoms with van der Waals surface area (Å²) < 4.78 is 0.833. The molecule has 3 N–H and O–H groups in total. The zero-order valence-corrected chi connectivity index (χ0v) is 9.84. The molecule has 0 fully saturated rings. The van der Waals surface area contributed by atoms with Gasteiger partial charge in [-0.15, -0.1) is 0 Å². The lowest BCUT2D eigenvalue weighted by molar-refractivity contribution is 1.14. The van der Waals surface area contributed by atoms with Gasteiger partial charge in [-0.2, -0.15) is 4.98 Å². The summed E-state index contributed by atoms with van der Waals surface area (Å²) in [5.41, 5.74) is 5.66. The van der Waals surface area contributed by atoms with Gasteiger partial charge in [-0.25, -0.2) is 9.97 Å². The Morgan fingerprint density at radius 1 is 1.27 bits per heavy atom. The Hall–Kier alpha value is -1.44. The van der Waals surface area contributed by atoms with E-state index in [9.17, 15) is 0 Å². The van der Waals surface area contributed by atoms with E-state index in [2.05, 4.69) is 42.9 Å². The number of anilines is 3. The first-order valence-electron chi connectivity index (χ1n) is 4.22. The quantitative estimate of drug-likeness (QED) is 0.827. The second kappa shape index (κ2) is 4.39. The molecule has 0 aliphatic rings. The topological polar surface area (TPSA) is 76.7 Å². The molecule has 0 atom stereocenters. The Balaban J connectivity index is 2.22. The average molecular weight is 313 g/mol. The predicted molar refractivity (Wildman–Crippen MR) is 66.7 cm³/mol. The molecule has 0 aliphatic heterocycles. The molecule has 6 heteroatoms. The van der Waals surface area contributed by atoms with E-state index in [-0.39, 0.29) is 0 Å². The van der Waals surface area contributed by atoms with E-state index in [1.54, 1.807) is 12.4 Å². The summed E-state index contributed by atoms with van der Waals surface area (Å²) >= 11 is 2.08. The Morgan fingerprint density at radius 3 is 2.80 bits per heavy atom. The lowest BCUT2D eigenvalue weighted by Gasteiger charge is -2.04. The normalized spacial score (nSPS) is 9.93. The first kappa shape index (κ1) is 10.1. The molecule has 2 rings (SSSR count). The number of nitrogens with one attached hydrogen (secondary N) is 1. The van der Waals surface area contributed by atoms with Crippen molar-refractivity contribution in [2.75, 3.05) is 11.1 Å².